The van der Waals surface area contributed by atoms with Gasteiger partial charge >= 0.3 is 5.97 Å². The summed E-state index contributed by atoms with van der Waals surface area (Å²) in [5, 5.41) is 36.3. The average molecular weight is 330 g/mol. The van der Waals surface area contributed by atoms with Crippen LogP contribution in [0.4, 0.5) is 5.69 Å². The highest BCUT2D eigenvalue weighted by molar-refractivity contribution is 7.80. The molecule has 0 unspecified atom stereocenters. The van der Waals surface area contributed by atoms with Gasteiger partial charge in [-0.3, -0.25) is 5.43 Å². The molecule has 2 rings (SSSR count). The molecule has 0 aliphatic carbocycles. The Balaban J connectivity index is 1.96. The third-order valence-corrected chi connectivity index (χ3v) is 2.93. The zero-order valence-corrected chi connectivity index (χ0v) is 12.5. The Morgan fingerprint density at radius 1 is 1.26 bits per heavy atom. The summed E-state index contributed by atoms with van der Waals surface area (Å²) in [4.78, 5) is 10.9. The second-order valence-corrected chi connectivity index (χ2v) is 4.84. The van der Waals surface area contributed by atoms with Gasteiger partial charge in [0.05, 0.1) is 11.8 Å². The number of nitrogens with zero attached hydrogens (tertiary/aromatic N) is 1. The van der Waals surface area contributed by atoms with Gasteiger partial charge in [0.25, 0.3) is 0 Å². The van der Waals surface area contributed by atoms with Crippen LogP contribution in [0.25, 0.3) is 0 Å². The van der Waals surface area contributed by atoms with Gasteiger partial charge in [0.1, 0.15) is 5.75 Å². The molecule has 8 heteroatoms. The van der Waals surface area contributed by atoms with Crippen LogP contribution in [0.2, 0.25) is 0 Å². The van der Waals surface area contributed by atoms with Crippen LogP contribution >= 0.6 is 12.2 Å². The minimum atomic E-state index is -1.04. The number of hydrogen-bond acceptors (Lipinski definition) is 5. The number of benzene rings is 2. The molecule has 0 bridgehead atoms. The molecule has 23 heavy (non-hydrogen) atoms. The molecule has 0 saturated carbocycles. The number of aromatic carboxylic acids is 1. The predicted octanol–water partition coefficient (Wildman–Crippen LogP) is 1.48. The minimum absolute atomic E-state index is 0.115. The first kappa shape index (κ1) is 16.2. The van der Waals surface area contributed by atoms with E-state index in [1.165, 1.54) is 30.5 Å². The van der Waals surface area contributed by atoms with Crippen molar-refractivity contribution in [3.05, 3.63) is 53.6 Å². The number of carboxylic acids is 1. The largest absolute Gasteiger partial charge is 0.872 e. The molecule has 4 N–H and O–H groups in total. The summed E-state index contributed by atoms with van der Waals surface area (Å²) in [5.41, 5.74) is 3.41. The molecule has 0 amide bonds. The van der Waals surface area contributed by atoms with E-state index in [0.717, 1.165) is 6.07 Å². The monoisotopic (exact) mass is 330 g/mol. The van der Waals surface area contributed by atoms with Gasteiger partial charge in [0.2, 0.25) is 0 Å². The van der Waals surface area contributed by atoms with Crippen LogP contribution in [0.1, 0.15) is 15.9 Å². The number of aromatic hydroxyl groups is 1. The number of hydrazone groups is 1. The van der Waals surface area contributed by atoms with Crippen LogP contribution in [0.5, 0.6) is 11.5 Å². The minimum Gasteiger partial charge on any atom is -0.872 e. The molecule has 2 aromatic rings. The molecule has 0 aliphatic heterocycles. The fourth-order valence-electron chi connectivity index (χ4n) is 1.68. The van der Waals surface area contributed by atoms with Crippen molar-refractivity contribution in [2.75, 3.05) is 5.32 Å². The molecule has 7 nitrogen and oxygen atoms in total. The van der Waals surface area contributed by atoms with Crippen molar-refractivity contribution < 1.29 is 20.1 Å². The first-order valence-corrected chi connectivity index (χ1v) is 6.80. The van der Waals surface area contributed by atoms with Gasteiger partial charge in [0.15, 0.2) is 5.11 Å². The lowest BCUT2D eigenvalue weighted by atomic mass is 10.2. The van der Waals surface area contributed by atoms with E-state index in [1.54, 1.807) is 12.1 Å². The number of carboxylic acid groups (broad SMARTS) is 1. The summed E-state index contributed by atoms with van der Waals surface area (Å²) in [6.45, 7) is 0. The van der Waals surface area contributed by atoms with E-state index in [1.807, 2.05) is 0 Å². The second kappa shape index (κ2) is 7.23. The SMILES string of the molecule is O=C(O)c1cccc(NC(=S)N/N=C/c2ccc(O)cc2[O-])c1. The first-order chi connectivity index (χ1) is 11.0. The van der Waals surface area contributed by atoms with Crippen molar-refractivity contribution in [2.45, 2.75) is 0 Å². The summed E-state index contributed by atoms with van der Waals surface area (Å²) in [5.74, 6) is -1.53. The average Bonchev–Trinajstić information content (AvgIpc) is 2.49. The topological polar surface area (TPSA) is 117 Å². The molecule has 0 aliphatic rings. The van der Waals surface area contributed by atoms with Gasteiger partial charge in [-0.05, 0) is 48.1 Å². The second-order valence-electron chi connectivity index (χ2n) is 4.43. The predicted molar refractivity (Wildman–Crippen MR) is 87.9 cm³/mol. The number of hydrogen-bond donors (Lipinski definition) is 4. The lowest BCUT2D eigenvalue weighted by Crippen LogP contribution is -2.24. The summed E-state index contributed by atoms with van der Waals surface area (Å²) in [7, 11) is 0. The summed E-state index contributed by atoms with van der Waals surface area (Å²) in [6, 6.07) is 10.00. The molecule has 0 heterocycles. The number of anilines is 1. The molecular weight excluding hydrogens is 318 g/mol. The van der Waals surface area contributed by atoms with Crippen molar-refractivity contribution in [2.24, 2.45) is 5.10 Å². The van der Waals surface area contributed by atoms with Gasteiger partial charge in [-0.25, -0.2) is 4.79 Å². The van der Waals surface area contributed by atoms with Crippen LogP contribution in [0.15, 0.2) is 47.6 Å². The molecule has 0 fully saturated rings. The molecule has 2 aromatic carbocycles. The maximum absolute atomic E-state index is 11.5. The summed E-state index contributed by atoms with van der Waals surface area (Å²) in [6.07, 6.45) is 1.27. The van der Waals surface area contributed by atoms with Crippen molar-refractivity contribution in [1.82, 2.24) is 5.43 Å². The van der Waals surface area contributed by atoms with Crippen molar-refractivity contribution >= 4 is 35.2 Å². The molecular formula is C15H12N3O4S-. The van der Waals surface area contributed by atoms with Crippen LogP contribution in [-0.2, 0) is 0 Å². The zero-order chi connectivity index (χ0) is 16.8. The Bertz CT molecular complexity index is 777. The van der Waals surface area contributed by atoms with E-state index in [9.17, 15) is 9.90 Å². The van der Waals surface area contributed by atoms with E-state index in [-0.39, 0.29) is 27.7 Å². The Morgan fingerprint density at radius 3 is 2.74 bits per heavy atom. The van der Waals surface area contributed by atoms with Gasteiger partial charge < -0.3 is 20.6 Å². The fraction of sp³-hybridized carbons (Fsp3) is 0. The lowest BCUT2D eigenvalue weighted by Gasteiger charge is -2.10. The Morgan fingerprint density at radius 2 is 2.04 bits per heavy atom. The standard InChI is InChI=1S/C15H13N3O4S/c19-12-5-4-10(13(20)7-12)8-16-18-15(23)17-11-3-1-2-9(6-11)14(21)22/h1-8,19-20H,(H,21,22)(H2,17,18,23)/p-1/b16-8+. The van der Waals surface area contributed by atoms with Crippen molar-refractivity contribution in [1.29, 1.82) is 0 Å². The van der Waals surface area contributed by atoms with Crippen molar-refractivity contribution in [3.63, 3.8) is 0 Å². The molecule has 0 aromatic heterocycles. The zero-order valence-electron chi connectivity index (χ0n) is 11.7. The Kier molecular flexibility index (Phi) is 5.11. The molecule has 0 radical (unpaired) electrons. The van der Waals surface area contributed by atoms with E-state index in [4.69, 9.17) is 22.4 Å². The Labute approximate surface area is 136 Å². The third kappa shape index (κ3) is 4.68. The maximum atomic E-state index is 11.5. The molecule has 118 valence electrons. The Hall–Kier alpha value is -3.13. The smallest absolute Gasteiger partial charge is 0.335 e. The van der Waals surface area contributed by atoms with Gasteiger partial charge in [-0.1, -0.05) is 17.9 Å². The molecule has 0 spiro atoms. The fourth-order valence-corrected chi connectivity index (χ4v) is 1.85. The number of nitrogens with one attached hydrogen (secondary N) is 2. The van der Waals surface area contributed by atoms with Crippen molar-refractivity contribution in [3.8, 4) is 11.5 Å². The first-order valence-electron chi connectivity index (χ1n) is 6.39. The number of phenolic OH excluding ortho intramolecular Hbond substituents is 1. The van der Waals surface area contributed by atoms with Crippen LogP contribution in [0.3, 0.4) is 0 Å². The summed E-state index contributed by atoms with van der Waals surface area (Å²) < 4.78 is 0. The van der Waals surface area contributed by atoms with Crippen LogP contribution < -0.4 is 15.8 Å². The van der Waals surface area contributed by atoms with Gasteiger partial charge in [-0.2, -0.15) is 5.10 Å². The third-order valence-electron chi connectivity index (χ3n) is 2.73. The summed E-state index contributed by atoms with van der Waals surface area (Å²) >= 11 is 5.01. The quantitative estimate of drug-likeness (QED) is 0.381. The van der Waals surface area contributed by atoms with E-state index < -0.39 is 5.97 Å². The van der Waals surface area contributed by atoms with Gasteiger partial charge in [0, 0.05) is 5.69 Å². The number of phenols is 1. The van der Waals surface area contributed by atoms with Gasteiger partial charge in [-0.15, -0.1) is 0 Å². The van der Waals surface area contributed by atoms with E-state index in [0.29, 0.717) is 5.69 Å². The molecule has 0 saturated heterocycles. The highest BCUT2D eigenvalue weighted by Gasteiger charge is 2.03. The number of rotatable bonds is 4. The number of carbonyl (C=O) groups is 1. The lowest BCUT2D eigenvalue weighted by molar-refractivity contribution is -0.268. The normalized spacial score (nSPS) is 10.4. The van der Waals surface area contributed by atoms with Crippen LogP contribution in [-0.4, -0.2) is 27.5 Å². The van der Waals surface area contributed by atoms with E-state index in [2.05, 4.69) is 15.8 Å². The highest BCUT2D eigenvalue weighted by Crippen LogP contribution is 2.18. The molecule has 0 atom stereocenters. The van der Waals surface area contributed by atoms with Crippen LogP contribution in [0, 0.1) is 0 Å². The number of thiocarbonyl (C=S) groups is 1. The van der Waals surface area contributed by atoms with E-state index >= 15 is 0 Å². The highest BCUT2D eigenvalue weighted by atomic mass is 32.1. The maximum Gasteiger partial charge on any atom is 0.335 e.